The van der Waals surface area contributed by atoms with Crippen LogP contribution in [0.3, 0.4) is 0 Å². The number of nitrogens with one attached hydrogen (secondary N) is 1. The van der Waals surface area contributed by atoms with Gasteiger partial charge >= 0.3 is 0 Å². The molecule has 0 aromatic carbocycles. The molecular weight excluding hydrogens is 300 g/mol. The molecule has 110 valence electrons. The summed E-state index contributed by atoms with van der Waals surface area (Å²) < 4.78 is 0. The fourth-order valence-corrected chi connectivity index (χ4v) is 3.65. The summed E-state index contributed by atoms with van der Waals surface area (Å²) in [6.07, 6.45) is 0. The van der Waals surface area contributed by atoms with Gasteiger partial charge in [-0.2, -0.15) is 0 Å². The molecule has 1 unspecified atom stereocenters. The number of hydrogen-bond donors (Lipinski definition) is 2. The lowest BCUT2D eigenvalue weighted by molar-refractivity contribution is 0.0930. The van der Waals surface area contributed by atoms with Crippen molar-refractivity contribution in [3.8, 4) is 11.8 Å². The van der Waals surface area contributed by atoms with Crippen LogP contribution >= 0.6 is 22.7 Å². The van der Waals surface area contributed by atoms with Gasteiger partial charge < -0.3 is 11.1 Å². The monoisotopic (exact) mass is 318 g/mol. The van der Waals surface area contributed by atoms with E-state index in [9.17, 15) is 4.79 Å². The van der Waals surface area contributed by atoms with Gasteiger partial charge in [0.1, 0.15) is 0 Å². The minimum Gasteiger partial charge on any atom is -0.343 e. The Labute approximate surface area is 133 Å². The lowest BCUT2D eigenvalue weighted by atomic mass is 10.0. The van der Waals surface area contributed by atoms with E-state index >= 15 is 0 Å². The van der Waals surface area contributed by atoms with Gasteiger partial charge in [0.15, 0.2) is 0 Å². The molecule has 0 saturated carbocycles. The summed E-state index contributed by atoms with van der Waals surface area (Å²) in [5.74, 6) is 6.03. The quantitative estimate of drug-likeness (QED) is 0.850. The molecule has 0 fully saturated rings. The van der Waals surface area contributed by atoms with E-state index in [4.69, 9.17) is 5.73 Å². The summed E-state index contributed by atoms with van der Waals surface area (Å²) in [5.41, 5.74) is 5.35. The Morgan fingerprint density at radius 2 is 2.19 bits per heavy atom. The number of thiophene rings is 2. The second-order valence-electron chi connectivity index (χ2n) is 4.88. The van der Waals surface area contributed by atoms with Crippen LogP contribution in [0.2, 0.25) is 0 Å². The van der Waals surface area contributed by atoms with Gasteiger partial charge in [-0.15, -0.1) is 22.7 Å². The average Bonchev–Trinajstić information content (AvgIpc) is 3.13. The van der Waals surface area contributed by atoms with Crippen molar-refractivity contribution in [1.29, 1.82) is 0 Å². The highest BCUT2D eigenvalue weighted by Gasteiger charge is 2.20. The van der Waals surface area contributed by atoms with Crippen LogP contribution < -0.4 is 11.1 Å². The number of carbonyl (C=O) groups excluding carboxylic acids is 1. The summed E-state index contributed by atoms with van der Waals surface area (Å²) in [6, 6.07) is 7.78. The van der Waals surface area contributed by atoms with E-state index < -0.39 is 0 Å². The van der Waals surface area contributed by atoms with Gasteiger partial charge in [0.25, 0.3) is 5.91 Å². The molecule has 0 bridgehead atoms. The van der Waals surface area contributed by atoms with E-state index in [0.717, 1.165) is 4.88 Å². The first kappa shape index (κ1) is 15.8. The van der Waals surface area contributed by atoms with Gasteiger partial charge in [-0.1, -0.05) is 31.8 Å². The SMILES string of the molecule is CC(C)C(NC(=O)c1ccc(C#CCN)s1)c1cccs1. The predicted molar refractivity (Wildman–Crippen MR) is 89.6 cm³/mol. The van der Waals surface area contributed by atoms with E-state index in [2.05, 4.69) is 37.1 Å². The third-order valence-corrected chi connectivity index (χ3v) is 4.90. The molecule has 2 heterocycles. The number of carbonyl (C=O) groups is 1. The highest BCUT2D eigenvalue weighted by molar-refractivity contribution is 7.14. The number of hydrogen-bond acceptors (Lipinski definition) is 4. The largest absolute Gasteiger partial charge is 0.343 e. The van der Waals surface area contributed by atoms with Crippen LogP contribution in [0, 0.1) is 17.8 Å². The highest BCUT2D eigenvalue weighted by Crippen LogP contribution is 2.26. The third kappa shape index (κ3) is 4.18. The van der Waals surface area contributed by atoms with Crippen LogP contribution in [0.25, 0.3) is 0 Å². The molecule has 5 heteroatoms. The Morgan fingerprint density at radius 1 is 1.38 bits per heavy atom. The topological polar surface area (TPSA) is 55.1 Å². The minimum atomic E-state index is -0.0482. The van der Waals surface area contributed by atoms with E-state index in [1.807, 2.05) is 23.6 Å². The summed E-state index contributed by atoms with van der Waals surface area (Å²) in [7, 11) is 0. The number of amides is 1. The maximum atomic E-state index is 12.4. The van der Waals surface area contributed by atoms with Crippen LogP contribution in [0.1, 0.15) is 39.3 Å². The molecule has 1 atom stereocenters. The van der Waals surface area contributed by atoms with Crippen molar-refractivity contribution >= 4 is 28.6 Å². The fraction of sp³-hybridized carbons (Fsp3) is 0.312. The van der Waals surface area contributed by atoms with Crippen molar-refractivity contribution in [3.05, 3.63) is 44.3 Å². The van der Waals surface area contributed by atoms with Crippen molar-refractivity contribution in [2.75, 3.05) is 6.54 Å². The molecule has 0 saturated heterocycles. The first-order valence-electron chi connectivity index (χ1n) is 6.75. The smallest absolute Gasteiger partial charge is 0.261 e. The van der Waals surface area contributed by atoms with E-state index in [0.29, 0.717) is 17.3 Å². The van der Waals surface area contributed by atoms with Gasteiger partial charge in [0.05, 0.1) is 22.3 Å². The van der Waals surface area contributed by atoms with E-state index in [1.165, 1.54) is 16.2 Å². The third-order valence-electron chi connectivity index (χ3n) is 2.95. The van der Waals surface area contributed by atoms with Crippen LogP contribution in [0.5, 0.6) is 0 Å². The molecule has 21 heavy (non-hydrogen) atoms. The maximum Gasteiger partial charge on any atom is 0.261 e. The summed E-state index contributed by atoms with van der Waals surface area (Å²) in [6.45, 7) is 4.54. The highest BCUT2D eigenvalue weighted by atomic mass is 32.1. The zero-order valence-corrected chi connectivity index (χ0v) is 13.7. The van der Waals surface area contributed by atoms with Crippen LogP contribution in [-0.4, -0.2) is 12.5 Å². The molecule has 0 aliphatic heterocycles. The summed E-state index contributed by atoms with van der Waals surface area (Å²) in [5, 5.41) is 5.14. The Hall–Kier alpha value is -1.61. The van der Waals surface area contributed by atoms with Crippen molar-refractivity contribution in [1.82, 2.24) is 5.32 Å². The van der Waals surface area contributed by atoms with Crippen molar-refractivity contribution in [2.24, 2.45) is 11.7 Å². The zero-order valence-electron chi connectivity index (χ0n) is 12.1. The van der Waals surface area contributed by atoms with Crippen LogP contribution in [0.15, 0.2) is 29.6 Å². The molecule has 1 amide bonds. The van der Waals surface area contributed by atoms with Crippen LogP contribution in [-0.2, 0) is 0 Å². The van der Waals surface area contributed by atoms with Gasteiger partial charge in [0, 0.05) is 4.88 Å². The van der Waals surface area contributed by atoms with Crippen LogP contribution in [0.4, 0.5) is 0 Å². The van der Waals surface area contributed by atoms with Crippen molar-refractivity contribution < 1.29 is 4.79 Å². The maximum absolute atomic E-state index is 12.4. The molecular formula is C16H18N2OS2. The van der Waals surface area contributed by atoms with Crippen molar-refractivity contribution in [3.63, 3.8) is 0 Å². The predicted octanol–water partition coefficient (Wildman–Crippen LogP) is 3.25. The molecule has 3 N–H and O–H groups in total. The van der Waals surface area contributed by atoms with Gasteiger partial charge in [0.2, 0.25) is 0 Å². The summed E-state index contributed by atoms with van der Waals surface area (Å²) in [4.78, 5) is 15.1. The second-order valence-corrected chi connectivity index (χ2v) is 6.94. The minimum absolute atomic E-state index is 0.0400. The van der Waals surface area contributed by atoms with Gasteiger partial charge in [-0.3, -0.25) is 4.79 Å². The van der Waals surface area contributed by atoms with Gasteiger partial charge in [-0.05, 0) is 29.5 Å². The first-order chi connectivity index (χ1) is 10.1. The Balaban J connectivity index is 2.10. The van der Waals surface area contributed by atoms with Gasteiger partial charge in [-0.25, -0.2) is 0 Å². The Morgan fingerprint density at radius 3 is 2.81 bits per heavy atom. The van der Waals surface area contributed by atoms with E-state index in [-0.39, 0.29) is 11.9 Å². The molecule has 0 radical (unpaired) electrons. The first-order valence-corrected chi connectivity index (χ1v) is 8.44. The lowest BCUT2D eigenvalue weighted by Crippen LogP contribution is -2.30. The molecule has 0 aliphatic rings. The second kappa shape index (κ2) is 7.41. The normalized spacial score (nSPS) is 11.8. The molecule has 0 aliphatic carbocycles. The Bertz CT molecular complexity index is 647. The van der Waals surface area contributed by atoms with E-state index in [1.54, 1.807) is 11.3 Å². The van der Waals surface area contributed by atoms with Crippen molar-refractivity contribution in [2.45, 2.75) is 19.9 Å². The average molecular weight is 318 g/mol. The lowest BCUT2D eigenvalue weighted by Gasteiger charge is -2.20. The number of nitrogens with two attached hydrogens (primary N) is 1. The number of rotatable bonds is 4. The Kier molecular flexibility index (Phi) is 5.57. The molecule has 2 rings (SSSR count). The molecule has 0 spiro atoms. The molecule has 2 aromatic rings. The fourth-order valence-electron chi connectivity index (χ4n) is 1.91. The molecule has 2 aromatic heterocycles. The zero-order chi connectivity index (χ0) is 15.2. The summed E-state index contributed by atoms with van der Waals surface area (Å²) >= 11 is 3.06. The standard InChI is InChI=1S/C16H18N2OS2/c1-11(2)15(13-6-4-10-20-13)18-16(19)14-8-7-12(21-14)5-3-9-17/h4,6-8,10-11,15H,9,17H2,1-2H3,(H,18,19). The molecule has 3 nitrogen and oxygen atoms in total.